The summed E-state index contributed by atoms with van der Waals surface area (Å²) in [5, 5.41) is 13.6. The summed E-state index contributed by atoms with van der Waals surface area (Å²) in [6, 6.07) is 2.94. The van der Waals surface area contributed by atoms with Crippen LogP contribution in [0.1, 0.15) is 30.5 Å². The molecule has 4 heteroatoms. The minimum atomic E-state index is 0.645. The Morgan fingerprint density at radius 2 is 2.25 bits per heavy atom. The van der Waals surface area contributed by atoms with E-state index in [-0.39, 0.29) is 0 Å². The molecular formula is C12H16N4. The topological polar surface area (TPSA) is 44.9 Å². The van der Waals surface area contributed by atoms with Gasteiger partial charge in [-0.1, -0.05) is 0 Å². The average molecular weight is 216 g/mol. The van der Waals surface area contributed by atoms with Crippen LogP contribution in [0.25, 0.3) is 0 Å². The molecule has 2 atom stereocenters. The summed E-state index contributed by atoms with van der Waals surface area (Å²) < 4.78 is 1.87. The number of rotatable bonds is 1. The Morgan fingerprint density at radius 1 is 1.44 bits per heavy atom. The van der Waals surface area contributed by atoms with Crippen molar-refractivity contribution in [3.8, 4) is 6.07 Å². The first-order valence-corrected chi connectivity index (χ1v) is 5.91. The molecule has 16 heavy (non-hydrogen) atoms. The van der Waals surface area contributed by atoms with Gasteiger partial charge in [0, 0.05) is 19.6 Å². The van der Waals surface area contributed by atoms with E-state index in [1.165, 1.54) is 19.3 Å². The van der Waals surface area contributed by atoms with Gasteiger partial charge in [0.25, 0.3) is 0 Å². The minimum absolute atomic E-state index is 0.645. The van der Waals surface area contributed by atoms with E-state index in [9.17, 15) is 5.26 Å². The second kappa shape index (κ2) is 3.24. The van der Waals surface area contributed by atoms with Crippen molar-refractivity contribution in [2.45, 2.75) is 32.2 Å². The highest BCUT2D eigenvalue weighted by atomic mass is 15.4. The van der Waals surface area contributed by atoms with Crippen molar-refractivity contribution >= 4 is 5.82 Å². The number of fused-ring (bicyclic) bond motifs is 2. The van der Waals surface area contributed by atoms with Crippen LogP contribution >= 0.6 is 0 Å². The fraction of sp³-hybridized carbons (Fsp3) is 0.667. The summed E-state index contributed by atoms with van der Waals surface area (Å²) in [6.07, 6.45) is 3.94. The van der Waals surface area contributed by atoms with E-state index < -0.39 is 0 Å². The molecule has 2 aliphatic rings. The third-order valence-corrected chi connectivity index (χ3v) is 3.99. The van der Waals surface area contributed by atoms with Gasteiger partial charge < -0.3 is 4.90 Å². The largest absolute Gasteiger partial charge is 0.352 e. The number of piperidine rings is 1. The highest BCUT2D eigenvalue weighted by Crippen LogP contribution is 2.41. The molecule has 1 aromatic rings. The van der Waals surface area contributed by atoms with Crippen LogP contribution in [0, 0.1) is 24.2 Å². The smallest absolute Gasteiger partial charge is 0.145 e. The molecule has 2 heterocycles. The van der Waals surface area contributed by atoms with Crippen LogP contribution in [0.15, 0.2) is 0 Å². The molecule has 0 spiro atoms. The Hall–Kier alpha value is -1.50. The lowest BCUT2D eigenvalue weighted by molar-refractivity contribution is 0.541. The lowest BCUT2D eigenvalue weighted by Crippen LogP contribution is -2.33. The van der Waals surface area contributed by atoms with Crippen LogP contribution in [0.5, 0.6) is 0 Å². The van der Waals surface area contributed by atoms with E-state index in [1.807, 2.05) is 18.7 Å². The second-order valence-electron chi connectivity index (χ2n) is 5.00. The number of anilines is 1. The van der Waals surface area contributed by atoms with E-state index in [2.05, 4.69) is 16.1 Å². The fourth-order valence-electron chi connectivity index (χ4n) is 3.29. The number of hydrogen-bond acceptors (Lipinski definition) is 3. The standard InChI is InChI=1S/C12H16N4/c1-8-11(6-13)12(15(2)14-8)16-7-9-3-4-10(16)5-9/h9-10H,3-5,7H2,1-2H3. The summed E-state index contributed by atoms with van der Waals surface area (Å²) in [7, 11) is 1.94. The first kappa shape index (κ1) is 9.71. The molecule has 2 bridgehead atoms. The maximum Gasteiger partial charge on any atom is 0.145 e. The number of nitriles is 1. The molecule has 2 unspecified atom stereocenters. The van der Waals surface area contributed by atoms with Crippen LogP contribution in [0.3, 0.4) is 0 Å². The van der Waals surface area contributed by atoms with Crippen molar-refractivity contribution < 1.29 is 0 Å². The highest BCUT2D eigenvalue weighted by Gasteiger charge is 2.40. The molecule has 3 rings (SSSR count). The zero-order valence-electron chi connectivity index (χ0n) is 9.77. The molecule has 84 valence electrons. The lowest BCUT2D eigenvalue weighted by Gasteiger charge is -2.29. The van der Waals surface area contributed by atoms with Crippen molar-refractivity contribution in [2.75, 3.05) is 11.4 Å². The molecule has 0 aromatic carbocycles. The molecule has 0 radical (unpaired) electrons. The Balaban J connectivity index is 2.04. The Labute approximate surface area is 95.5 Å². The molecule has 2 fully saturated rings. The number of hydrogen-bond donors (Lipinski definition) is 0. The van der Waals surface area contributed by atoms with Crippen molar-refractivity contribution in [3.05, 3.63) is 11.3 Å². The summed E-state index contributed by atoms with van der Waals surface area (Å²) >= 11 is 0. The molecule has 1 saturated heterocycles. The van der Waals surface area contributed by atoms with Gasteiger partial charge in [-0.05, 0) is 32.1 Å². The SMILES string of the molecule is Cc1nn(C)c(N2CC3CCC2C3)c1C#N. The van der Waals surface area contributed by atoms with Crippen LogP contribution in [-0.2, 0) is 7.05 Å². The van der Waals surface area contributed by atoms with E-state index in [0.717, 1.165) is 29.5 Å². The van der Waals surface area contributed by atoms with Crippen LogP contribution in [-0.4, -0.2) is 22.4 Å². The number of aryl methyl sites for hydroxylation is 2. The monoisotopic (exact) mass is 216 g/mol. The Morgan fingerprint density at radius 3 is 2.81 bits per heavy atom. The minimum Gasteiger partial charge on any atom is -0.352 e. The predicted molar refractivity (Wildman–Crippen MR) is 61.1 cm³/mol. The van der Waals surface area contributed by atoms with E-state index >= 15 is 0 Å². The molecule has 1 aliphatic heterocycles. The van der Waals surface area contributed by atoms with E-state index in [4.69, 9.17) is 0 Å². The van der Waals surface area contributed by atoms with E-state index in [1.54, 1.807) is 0 Å². The summed E-state index contributed by atoms with van der Waals surface area (Å²) in [4.78, 5) is 2.40. The maximum absolute atomic E-state index is 9.21. The fourth-order valence-corrected chi connectivity index (χ4v) is 3.29. The van der Waals surface area contributed by atoms with Crippen molar-refractivity contribution in [1.82, 2.24) is 9.78 Å². The number of aromatic nitrogens is 2. The Kier molecular flexibility index (Phi) is 1.97. The zero-order chi connectivity index (χ0) is 11.3. The maximum atomic E-state index is 9.21. The van der Waals surface area contributed by atoms with Crippen molar-refractivity contribution in [2.24, 2.45) is 13.0 Å². The number of nitrogens with zero attached hydrogens (tertiary/aromatic N) is 4. The zero-order valence-corrected chi connectivity index (χ0v) is 9.77. The molecular weight excluding hydrogens is 200 g/mol. The first-order valence-electron chi connectivity index (χ1n) is 5.91. The Bertz CT molecular complexity index is 468. The van der Waals surface area contributed by atoms with Gasteiger partial charge in [-0.2, -0.15) is 10.4 Å². The normalized spacial score (nSPS) is 27.4. The van der Waals surface area contributed by atoms with Gasteiger partial charge in [-0.15, -0.1) is 0 Å². The predicted octanol–water partition coefficient (Wildman–Crippen LogP) is 1.59. The first-order chi connectivity index (χ1) is 7.70. The van der Waals surface area contributed by atoms with Crippen LogP contribution in [0.2, 0.25) is 0 Å². The van der Waals surface area contributed by atoms with Gasteiger partial charge >= 0.3 is 0 Å². The third-order valence-electron chi connectivity index (χ3n) is 3.99. The molecule has 0 amide bonds. The summed E-state index contributed by atoms with van der Waals surface area (Å²) in [5.74, 6) is 1.87. The molecule has 4 nitrogen and oxygen atoms in total. The van der Waals surface area contributed by atoms with Gasteiger partial charge in [-0.25, -0.2) is 0 Å². The quantitative estimate of drug-likeness (QED) is 0.716. The third kappa shape index (κ3) is 1.18. The molecule has 1 aromatic heterocycles. The van der Waals surface area contributed by atoms with Crippen molar-refractivity contribution in [1.29, 1.82) is 5.26 Å². The van der Waals surface area contributed by atoms with Crippen LogP contribution < -0.4 is 4.90 Å². The lowest BCUT2D eigenvalue weighted by atomic mass is 10.1. The average Bonchev–Trinajstić information content (AvgIpc) is 2.91. The molecule has 1 aliphatic carbocycles. The van der Waals surface area contributed by atoms with Crippen molar-refractivity contribution in [3.63, 3.8) is 0 Å². The van der Waals surface area contributed by atoms with Gasteiger partial charge in [0.2, 0.25) is 0 Å². The summed E-state index contributed by atoms with van der Waals surface area (Å²) in [5.41, 5.74) is 1.61. The second-order valence-corrected chi connectivity index (χ2v) is 5.00. The van der Waals surface area contributed by atoms with Gasteiger partial charge in [0.05, 0.1) is 5.69 Å². The van der Waals surface area contributed by atoms with E-state index in [0.29, 0.717) is 6.04 Å². The molecule has 0 N–H and O–H groups in total. The van der Waals surface area contributed by atoms with Gasteiger partial charge in [0.15, 0.2) is 0 Å². The molecule has 1 saturated carbocycles. The summed E-state index contributed by atoms with van der Waals surface area (Å²) in [6.45, 7) is 3.02. The van der Waals surface area contributed by atoms with Crippen LogP contribution in [0.4, 0.5) is 5.82 Å². The van der Waals surface area contributed by atoms with Gasteiger partial charge in [0.1, 0.15) is 17.5 Å². The highest BCUT2D eigenvalue weighted by molar-refractivity contribution is 5.58. The van der Waals surface area contributed by atoms with Gasteiger partial charge in [-0.3, -0.25) is 4.68 Å².